The van der Waals surface area contributed by atoms with Crippen LogP contribution in [-0.2, 0) is 0 Å². The maximum atomic E-state index is 11.7. The molecule has 0 aliphatic rings. The van der Waals surface area contributed by atoms with Gasteiger partial charge in [-0.3, -0.25) is 14.6 Å². The van der Waals surface area contributed by atoms with Crippen LogP contribution in [0.2, 0.25) is 0 Å². The van der Waals surface area contributed by atoms with Crippen LogP contribution in [0.25, 0.3) is 29.6 Å². The minimum Gasteiger partial charge on any atom is -0.288 e. The van der Waals surface area contributed by atoms with E-state index in [0.717, 1.165) is 9.40 Å². The predicted octanol–water partition coefficient (Wildman–Crippen LogP) is 3.63. The molecule has 0 fully saturated rings. The van der Waals surface area contributed by atoms with Crippen molar-refractivity contribution in [1.82, 2.24) is 4.98 Å². The van der Waals surface area contributed by atoms with Crippen LogP contribution in [0.3, 0.4) is 0 Å². The minimum absolute atomic E-state index is 0.298. The van der Waals surface area contributed by atoms with Crippen molar-refractivity contribution in [1.29, 1.82) is 0 Å². The first-order valence-electron chi connectivity index (χ1n) is 6.12. The Morgan fingerprint density at radius 1 is 0.800 bits per heavy atom. The highest BCUT2D eigenvalue weighted by Gasteiger charge is 2.09. The molecule has 0 spiro atoms. The van der Waals surface area contributed by atoms with Crippen molar-refractivity contribution in [2.75, 3.05) is 0 Å². The van der Waals surface area contributed by atoms with Crippen LogP contribution in [0, 0.1) is 6.92 Å². The SMILES string of the molecule is Cc1ccc2sc3cc4c(=O)[nH]c(=O)c4cc3sc2c1. The minimum atomic E-state index is -0.298. The van der Waals surface area contributed by atoms with Crippen molar-refractivity contribution in [3.05, 3.63) is 56.6 Å². The lowest BCUT2D eigenvalue weighted by Gasteiger charge is -2.02. The largest absolute Gasteiger partial charge is 0.288 e. The number of hydrogen-bond acceptors (Lipinski definition) is 4. The van der Waals surface area contributed by atoms with Crippen LogP contribution in [0.5, 0.6) is 0 Å². The topological polar surface area (TPSA) is 49.9 Å². The fraction of sp³-hybridized carbons (Fsp3) is 0.0667. The molecule has 0 radical (unpaired) electrons. The van der Waals surface area contributed by atoms with Gasteiger partial charge in [0.25, 0.3) is 11.1 Å². The molecule has 0 amide bonds. The van der Waals surface area contributed by atoms with E-state index in [0.29, 0.717) is 10.8 Å². The van der Waals surface area contributed by atoms with Crippen molar-refractivity contribution in [2.24, 2.45) is 0 Å². The molecular weight excluding hydrogens is 290 g/mol. The fourth-order valence-electron chi connectivity index (χ4n) is 2.35. The van der Waals surface area contributed by atoms with Crippen molar-refractivity contribution in [3.8, 4) is 0 Å². The van der Waals surface area contributed by atoms with Gasteiger partial charge in [0.15, 0.2) is 0 Å². The lowest BCUT2D eigenvalue weighted by atomic mass is 10.2. The number of aromatic amines is 1. The number of aromatic nitrogens is 1. The summed E-state index contributed by atoms with van der Waals surface area (Å²) >= 11 is 3.30. The van der Waals surface area contributed by atoms with Gasteiger partial charge in [-0.2, -0.15) is 0 Å². The van der Waals surface area contributed by atoms with E-state index in [1.807, 2.05) is 12.1 Å². The zero-order valence-electron chi connectivity index (χ0n) is 10.5. The summed E-state index contributed by atoms with van der Waals surface area (Å²) in [4.78, 5) is 25.8. The quantitative estimate of drug-likeness (QED) is 0.504. The van der Waals surface area contributed by atoms with Gasteiger partial charge in [-0.1, -0.05) is 6.07 Å². The Labute approximate surface area is 121 Å². The Morgan fingerprint density at radius 3 is 2.00 bits per heavy atom. The molecule has 0 bridgehead atoms. The standard InChI is InChI=1S/C15H9NO2S2/c1-7-2-3-10-11(4-7)20-13-6-9-8(5-12(13)19-10)14(17)16-15(9)18/h2-6H,1H3,(H,16,17,18). The summed E-state index contributed by atoms with van der Waals surface area (Å²) in [5, 5.41) is 0.968. The molecule has 5 heteroatoms. The Hall–Kier alpha value is -1.98. The van der Waals surface area contributed by atoms with Crippen LogP contribution in [0.1, 0.15) is 5.56 Å². The highest BCUT2D eigenvalue weighted by atomic mass is 32.1. The van der Waals surface area contributed by atoms with Gasteiger partial charge in [0, 0.05) is 18.8 Å². The monoisotopic (exact) mass is 299 g/mol. The summed E-state index contributed by atoms with van der Waals surface area (Å²) in [7, 11) is 0. The van der Waals surface area contributed by atoms with Gasteiger partial charge in [0.1, 0.15) is 0 Å². The molecule has 0 atom stereocenters. The molecular formula is C15H9NO2S2. The number of rotatable bonds is 0. The molecule has 0 aliphatic heterocycles. The van der Waals surface area contributed by atoms with Gasteiger partial charge < -0.3 is 0 Å². The molecule has 4 rings (SSSR count). The van der Waals surface area contributed by atoms with Crippen LogP contribution in [-0.4, -0.2) is 4.98 Å². The molecule has 0 saturated carbocycles. The third-order valence-corrected chi connectivity index (χ3v) is 5.85. The van der Waals surface area contributed by atoms with Gasteiger partial charge >= 0.3 is 0 Å². The molecule has 3 nitrogen and oxygen atoms in total. The van der Waals surface area contributed by atoms with Gasteiger partial charge in [-0.15, -0.1) is 22.7 Å². The average molecular weight is 299 g/mol. The molecule has 1 N–H and O–H groups in total. The van der Waals surface area contributed by atoms with E-state index in [-0.39, 0.29) is 11.1 Å². The Bertz CT molecular complexity index is 1100. The van der Waals surface area contributed by atoms with E-state index in [9.17, 15) is 9.59 Å². The zero-order valence-corrected chi connectivity index (χ0v) is 12.2. The van der Waals surface area contributed by atoms with E-state index >= 15 is 0 Å². The van der Waals surface area contributed by atoms with Crippen LogP contribution >= 0.6 is 22.7 Å². The van der Waals surface area contributed by atoms with Crippen LogP contribution < -0.4 is 11.1 Å². The predicted molar refractivity (Wildman–Crippen MR) is 86.3 cm³/mol. The summed E-state index contributed by atoms with van der Waals surface area (Å²) in [6.07, 6.45) is 0. The highest BCUT2D eigenvalue weighted by molar-refractivity contribution is 7.36. The summed E-state index contributed by atoms with van der Waals surface area (Å²) in [5.74, 6) is 0. The molecule has 2 heterocycles. The normalized spacial score (nSPS) is 11.7. The van der Waals surface area contributed by atoms with Crippen molar-refractivity contribution >= 4 is 52.2 Å². The average Bonchev–Trinajstić information content (AvgIpc) is 2.69. The van der Waals surface area contributed by atoms with Crippen molar-refractivity contribution in [3.63, 3.8) is 0 Å². The van der Waals surface area contributed by atoms with E-state index in [1.54, 1.807) is 22.7 Å². The van der Waals surface area contributed by atoms with E-state index in [1.165, 1.54) is 15.0 Å². The molecule has 20 heavy (non-hydrogen) atoms. The van der Waals surface area contributed by atoms with Crippen LogP contribution in [0.15, 0.2) is 39.9 Å². The van der Waals surface area contributed by atoms with Crippen molar-refractivity contribution < 1.29 is 0 Å². The second-order valence-corrected chi connectivity index (χ2v) is 6.95. The molecule has 98 valence electrons. The highest BCUT2D eigenvalue weighted by Crippen LogP contribution is 2.34. The number of aryl methyl sites for hydroxylation is 1. The molecule has 0 unspecified atom stereocenters. The Morgan fingerprint density at radius 2 is 1.35 bits per heavy atom. The number of nitrogens with one attached hydrogen (secondary N) is 1. The zero-order chi connectivity index (χ0) is 13.9. The number of hydrogen-bond donors (Lipinski definition) is 1. The van der Waals surface area contributed by atoms with Crippen molar-refractivity contribution in [2.45, 2.75) is 6.92 Å². The van der Waals surface area contributed by atoms with Gasteiger partial charge in [-0.25, -0.2) is 0 Å². The lowest BCUT2D eigenvalue weighted by Crippen LogP contribution is -2.05. The Balaban J connectivity index is 2.23. The maximum absolute atomic E-state index is 11.7. The lowest BCUT2D eigenvalue weighted by molar-refractivity contribution is 1.26. The molecule has 2 aromatic heterocycles. The summed E-state index contributed by atoms with van der Waals surface area (Å²) < 4.78 is 4.47. The number of benzene rings is 2. The number of fused-ring (bicyclic) bond motifs is 3. The second-order valence-electron chi connectivity index (χ2n) is 4.78. The van der Waals surface area contributed by atoms with E-state index in [4.69, 9.17) is 0 Å². The third kappa shape index (κ3) is 1.63. The summed E-state index contributed by atoms with van der Waals surface area (Å²) in [6, 6.07) is 9.98. The molecule has 4 aromatic rings. The smallest absolute Gasteiger partial charge is 0.258 e. The second kappa shape index (κ2) is 4.01. The van der Waals surface area contributed by atoms with Gasteiger partial charge in [-0.05, 0) is 36.8 Å². The number of H-pyrrole nitrogens is 1. The van der Waals surface area contributed by atoms with Gasteiger partial charge in [0.2, 0.25) is 0 Å². The summed E-state index contributed by atoms with van der Waals surface area (Å²) in [6.45, 7) is 2.07. The molecule has 0 saturated heterocycles. The van der Waals surface area contributed by atoms with Crippen LogP contribution in [0.4, 0.5) is 0 Å². The van der Waals surface area contributed by atoms with E-state index in [2.05, 4.69) is 30.1 Å². The maximum Gasteiger partial charge on any atom is 0.258 e. The summed E-state index contributed by atoms with van der Waals surface area (Å²) in [5.41, 5.74) is 0.621. The molecule has 2 aromatic carbocycles. The third-order valence-electron chi connectivity index (χ3n) is 3.34. The van der Waals surface area contributed by atoms with E-state index < -0.39 is 0 Å². The Kier molecular flexibility index (Phi) is 2.37. The molecule has 0 aliphatic carbocycles. The van der Waals surface area contributed by atoms with Gasteiger partial charge in [0.05, 0.1) is 10.8 Å². The first-order chi connectivity index (χ1) is 9.61. The first kappa shape index (κ1) is 11.8. The first-order valence-corrected chi connectivity index (χ1v) is 7.75. The fourth-order valence-corrected chi connectivity index (χ4v) is 4.70.